The Morgan fingerprint density at radius 3 is 2.67 bits per heavy atom. The summed E-state index contributed by atoms with van der Waals surface area (Å²) in [5.41, 5.74) is 1.94. The van der Waals surface area contributed by atoms with Crippen LogP contribution < -0.4 is 10.2 Å². The molecule has 2 aliphatic rings. The highest BCUT2D eigenvalue weighted by Gasteiger charge is 2.46. The molecule has 2 amide bonds. The van der Waals surface area contributed by atoms with Gasteiger partial charge in [-0.15, -0.1) is 0 Å². The van der Waals surface area contributed by atoms with Gasteiger partial charge in [0.15, 0.2) is 0 Å². The maximum atomic E-state index is 12.8. The van der Waals surface area contributed by atoms with Crippen molar-refractivity contribution in [3.05, 3.63) is 28.2 Å². The van der Waals surface area contributed by atoms with Crippen molar-refractivity contribution in [1.82, 2.24) is 5.32 Å². The first-order chi connectivity index (χ1) is 10.0. The first-order valence-corrected chi connectivity index (χ1v) is 8.24. The molecule has 2 unspecified atom stereocenters. The number of amides is 2. The van der Waals surface area contributed by atoms with E-state index in [0.29, 0.717) is 5.92 Å². The van der Waals surface area contributed by atoms with Gasteiger partial charge in [-0.1, -0.05) is 22.9 Å². The van der Waals surface area contributed by atoms with Gasteiger partial charge in [0.2, 0.25) is 5.91 Å². The van der Waals surface area contributed by atoms with Crippen LogP contribution in [0.25, 0.3) is 0 Å². The third-order valence-electron chi connectivity index (χ3n) is 4.34. The van der Waals surface area contributed by atoms with Crippen molar-refractivity contribution in [2.45, 2.75) is 45.2 Å². The Hall–Kier alpha value is -1.36. The highest BCUT2D eigenvalue weighted by Crippen LogP contribution is 2.37. The summed E-state index contributed by atoms with van der Waals surface area (Å²) in [7, 11) is 0. The molecule has 21 heavy (non-hydrogen) atoms. The molecular weight excluding hydrogens is 332 g/mol. The average Bonchev–Trinajstić information content (AvgIpc) is 3.29. The van der Waals surface area contributed by atoms with E-state index in [1.54, 1.807) is 11.8 Å². The molecule has 3 rings (SSSR count). The van der Waals surface area contributed by atoms with Crippen LogP contribution in [0.4, 0.5) is 5.69 Å². The number of nitrogens with one attached hydrogen (secondary N) is 1. The van der Waals surface area contributed by atoms with Crippen molar-refractivity contribution >= 4 is 33.4 Å². The third-order valence-corrected chi connectivity index (χ3v) is 4.84. The zero-order valence-corrected chi connectivity index (χ0v) is 13.8. The van der Waals surface area contributed by atoms with E-state index in [1.807, 2.05) is 18.2 Å². The molecule has 2 fully saturated rings. The normalized spacial score (nSPS) is 26.0. The highest BCUT2D eigenvalue weighted by molar-refractivity contribution is 9.10. The lowest BCUT2D eigenvalue weighted by Gasteiger charge is -2.38. The lowest BCUT2D eigenvalue weighted by Crippen LogP contribution is -2.63. The van der Waals surface area contributed by atoms with Crippen molar-refractivity contribution in [3.63, 3.8) is 0 Å². The third kappa shape index (κ3) is 2.59. The molecule has 0 radical (unpaired) electrons. The molecule has 5 heteroatoms. The second kappa shape index (κ2) is 5.44. The van der Waals surface area contributed by atoms with E-state index in [9.17, 15) is 9.59 Å². The molecule has 0 spiro atoms. The molecule has 4 nitrogen and oxygen atoms in total. The number of hydrogen-bond donors (Lipinski definition) is 1. The van der Waals surface area contributed by atoms with E-state index in [4.69, 9.17) is 0 Å². The fourth-order valence-corrected chi connectivity index (χ4v) is 3.35. The SMILES string of the molecule is CCc1cc(Br)ccc1N1C(=O)C(C2CC2)NC(=O)C1C. The Morgan fingerprint density at radius 1 is 1.33 bits per heavy atom. The molecule has 0 bridgehead atoms. The number of nitrogens with zero attached hydrogens (tertiary/aromatic N) is 1. The van der Waals surface area contributed by atoms with Crippen LogP contribution in [-0.4, -0.2) is 23.9 Å². The lowest BCUT2D eigenvalue weighted by molar-refractivity contribution is -0.134. The zero-order valence-electron chi connectivity index (χ0n) is 12.2. The Morgan fingerprint density at radius 2 is 2.05 bits per heavy atom. The van der Waals surface area contributed by atoms with Crippen LogP contribution in [0, 0.1) is 5.92 Å². The number of carbonyl (C=O) groups is 2. The van der Waals surface area contributed by atoms with Crippen LogP contribution in [0.3, 0.4) is 0 Å². The van der Waals surface area contributed by atoms with E-state index in [-0.39, 0.29) is 17.9 Å². The van der Waals surface area contributed by atoms with Crippen LogP contribution in [0.5, 0.6) is 0 Å². The minimum absolute atomic E-state index is 0.0293. The molecule has 1 heterocycles. The fraction of sp³-hybridized carbons (Fsp3) is 0.500. The van der Waals surface area contributed by atoms with Crippen LogP contribution in [0.1, 0.15) is 32.3 Å². The van der Waals surface area contributed by atoms with Crippen LogP contribution in [0.15, 0.2) is 22.7 Å². The van der Waals surface area contributed by atoms with Gasteiger partial charge < -0.3 is 5.32 Å². The zero-order chi connectivity index (χ0) is 15.1. The minimum atomic E-state index is -0.459. The molecule has 1 aromatic rings. The molecule has 1 saturated carbocycles. The second-order valence-electron chi connectivity index (χ2n) is 5.83. The first-order valence-electron chi connectivity index (χ1n) is 7.44. The number of hydrogen-bond acceptors (Lipinski definition) is 2. The van der Waals surface area contributed by atoms with E-state index in [0.717, 1.165) is 35.0 Å². The molecule has 1 aliphatic heterocycles. The van der Waals surface area contributed by atoms with E-state index in [1.165, 1.54) is 0 Å². The lowest BCUT2D eigenvalue weighted by atomic mass is 10.0. The number of piperazine rings is 1. The summed E-state index contributed by atoms with van der Waals surface area (Å²) in [6.07, 6.45) is 2.88. The predicted molar refractivity (Wildman–Crippen MR) is 85.1 cm³/mol. The van der Waals surface area contributed by atoms with Gasteiger partial charge in [0.1, 0.15) is 12.1 Å². The molecule has 112 valence electrons. The van der Waals surface area contributed by atoms with Crippen LogP contribution in [-0.2, 0) is 16.0 Å². The number of anilines is 1. The highest BCUT2D eigenvalue weighted by atomic mass is 79.9. The number of aryl methyl sites for hydroxylation is 1. The number of rotatable bonds is 3. The second-order valence-corrected chi connectivity index (χ2v) is 6.75. The molecule has 0 aromatic heterocycles. The Balaban J connectivity index is 2.01. The maximum Gasteiger partial charge on any atom is 0.250 e. The Bertz CT molecular complexity index is 598. The predicted octanol–water partition coefficient (Wildman–Crippen LogP) is 2.64. The largest absolute Gasteiger partial charge is 0.342 e. The van der Waals surface area contributed by atoms with Gasteiger partial charge >= 0.3 is 0 Å². The van der Waals surface area contributed by atoms with Gasteiger partial charge in [0.25, 0.3) is 5.91 Å². The Kier molecular flexibility index (Phi) is 3.78. The van der Waals surface area contributed by atoms with E-state index >= 15 is 0 Å². The molecule has 1 aliphatic carbocycles. The molecule has 1 saturated heterocycles. The van der Waals surface area contributed by atoms with Crippen molar-refractivity contribution in [2.75, 3.05) is 4.90 Å². The average molecular weight is 351 g/mol. The number of halogens is 1. The number of benzene rings is 1. The van der Waals surface area contributed by atoms with Crippen molar-refractivity contribution < 1.29 is 9.59 Å². The van der Waals surface area contributed by atoms with Crippen molar-refractivity contribution in [3.8, 4) is 0 Å². The first kappa shape index (κ1) is 14.6. The van der Waals surface area contributed by atoms with Gasteiger partial charge in [-0.25, -0.2) is 0 Å². The standard InChI is InChI=1S/C16H19BrN2O2/c1-3-10-8-12(17)6-7-13(10)19-9(2)15(20)18-14(16(19)21)11-4-5-11/h6-9,11,14H,3-5H2,1-2H3,(H,18,20). The molecular formula is C16H19BrN2O2. The van der Waals surface area contributed by atoms with Crippen molar-refractivity contribution in [2.24, 2.45) is 5.92 Å². The van der Waals surface area contributed by atoms with Gasteiger partial charge in [-0.05, 0) is 55.9 Å². The van der Waals surface area contributed by atoms with Gasteiger partial charge in [-0.2, -0.15) is 0 Å². The molecule has 2 atom stereocenters. The minimum Gasteiger partial charge on any atom is -0.342 e. The number of carbonyl (C=O) groups excluding carboxylic acids is 2. The van der Waals surface area contributed by atoms with E-state index in [2.05, 4.69) is 28.2 Å². The quantitative estimate of drug-likeness (QED) is 0.910. The Labute approximate surface area is 133 Å². The summed E-state index contributed by atoms with van der Waals surface area (Å²) in [5.74, 6) is 0.287. The molecule has 1 aromatic carbocycles. The monoisotopic (exact) mass is 350 g/mol. The molecule has 1 N–H and O–H groups in total. The van der Waals surface area contributed by atoms with Crippen molar-refractivity contribution in [1.29, 1.82) is 0 Å². The summed E-state index contributed by atoms with van der Waals surface area (Å²) in [5, 5.41) is 2.89. The summed E-state index contributed by atoms with van der Waals surface area (Å²) in [6.45, 7) is 3.85. The summed E-state index contributed by atoms with van der Waals surface area (Å²) < 4.78 is 0.989. The van der Waals surface area contributed by atoms with E-state index < -0.39 is 6.04 Å². The van der Waals surface area contributed by atoms with Crippen LogP contribution in [0.2, 0.25) is 0 Å². The van der Waals surface area contributed by atoms with Crippen LogP contribution >= 0.6 is 15.9 Å². The van der Waals surface area contributed by atoms with Gasteiger partial charge in [0, 0.05) is 10.2 Å². The topological polar surface area (TPSA) is 49.4 Å². The summed E-state index contributed by atoms with van der Waals surface area (Å²) >= 11 is 3.47. The smallest absolute Gasteiger partial charge is 0.250 e. The summed E-state index contributed by atoms with van der Waals surface area (Å²) in [6, 6.07) is 5.07. The fourth-order valence-electron chi connectivity index (χ4n) is 2.94. The van der Waals surface area contributed by atoms with Gasteiger partial charge in [0.05, 0.1) is 0 Å². The summed E-state index contributed by atoms with van der Waals surface area (Å²) in [4.78, 5) is 26.7. The maximum absolute atomic E-state index is 12.8. The van der Waals surface area contributed by atoms with Gasteiger partial charge in [-0.3, -0.25) is 14.5 Å².